The second-order valence-corrected chi connectivity index (χ2v) is 9.01. The Hall–Kier alpha value is -5.29. The number of benzene rings is 3. The van der Waals surface area contributed by atoms with Gasteiger partial charge in [0.15, 0.2) is 5.82 Å². The lowest BCUT2D eigenvalue weighted by atomic mass is 10.0. The minimum absolute atomic E-state index is 0.658. The number of hydrogen-bond donors (Lipinski definition) is 0. The van der Waals surface area contributed by atoms with Crippen LogP contribution in [0.5, 0.6) is 0 Å². The van der Waals surface area contributed by atoms with E-state index in [0.29, 0.717) is 5.82 Å². The minimum atomic E-state index is 0.658. The quantitative estimate of drug-likeness (QED) is 0.255. The third-order valence-corrected chi connectivity index (χ3v) is 6.68. The second kappa shape index (κ2) is 9.30. The van der Waals surface area contributed by atoms with Crippen molar-refractivity contribution in [2.45, 2.75) is 0 Å². The van der Waals surface area contributed by atoms with Gasteiger partial charge < -0.3 is 0 Å². The van der Waals surface area contributed by atoms with Gasteiger partial charge in [0.1, 0.15) is 0 Å². The Morgan fingerprint density at radius 3 is 1.68 bits per heavy atom. The SMILES string of the molecule is c1ccc(-c2ccc(-c3cc(-c4cccc5ncccc45)nc(-c4cccc5ncccc45)n3)cc2)nc1. The van der Waals surface area contributed by atoms with Crippen LogP contribution < -0.4 is 0 Å². The monoisotopic (exact) mass is 487 g/mol. The van der Waals surface area contributed by atoms with E-state index in [-0.39, 0.29) is 0 Å². The standard InChI is InChI=1S/C33H21N5/c1-2-18-34-28(11-1)22-14-16-23(17-15-22)31-21-32(25-7-3-12-29-24(25)9-5-19-35-29)38-33(37-31)27-8-4-13-30-26(27)10-6-20-36-30/h1-21H. The van der Waals surface area contributed by atoms with Gasteiger partial charge in [0.05, 0.1) is 28.1 Å². The zero-order valence-electron chi connectivity index (χ0n) is 20.4. The first-order valence-corrected chi connectivity index (χ1v) is 12.4. The molecule has 0 fully saturated rings. The van der Waals surface area contributed by atoms with E-state index in [4.69, 9.17) is 9.97 Å². The summed E-state index contributed by atoms with van der Waals surface area (Å²) < 4.78 is 0. The van der Waals surface area contributed by atoms with Gasteiger partial charge in [-0.15, -0.1) is 0 Å². The molecule has 7 aromatic rings. The highest BCUT2D eigenvalue weighted by Crippen LogP contribution is 2.33. The molecule has 0 aliphatic rings. The first-order valence-electron chi connectivity index (χ1n) is 12.4. The van der Waals surface area contributed by atoms with Crippen molar-refractivity contribution in [3.8, 4) is 45.2 Å². The van der Waals surface area contributed by atoms with Gasteiger partial charge in [-0.2, -0.15) is 0 Å². The van der Waals surface area contributed by atoms with Crippen molar-refractivity contribution in [2.24, 2.45) is 0 Å². The summed E-state index contributed by atoms with van der Waals surface area (Å²) in [5.74, 6) is 0.658. The number of pyridine rings is 3. The van der Waals surface area contributed by atoms with Crippen LogP contribution in [0, 0.1) is 0 Å². The highest BCUT2D eigenvalue weighted by molar-refractivity contribution is 5.96. The van der Waals surface area contributed by atoms with Crippen LogP contribution in [-0.2, 0) is 0 Å². The third kappa shape index (κ3) is 3.96. The van der Waals surface area contributed by atoms with Crippen molar-refractivity contribution in [3.63, 3.8) is 0 Å². The molecule has 3 aromatic carbocycles. The molecule has 0 spiro atoms. The molecule has 0 unspecified atom stereocenters. The number of nitrogens with zero attached hydrogens (tertiary/aromatic N) is 5. The molecule has 0 radical (unpaired) electrons. The minimum Gasteiger partial charge on any atom is -0.256 e. The van der Waals surface area contributed by atoms with E-state index in [2.05, 4.69) is 69.5 Å². The van der Waals surface area contributed by atoms with Gasteiger partial charge in [0.2, 0.25) is 0 Å². The van der Waals surface area contributed by atoms with E-state index in [0.717, 1.165) is 61.1 Å². The number of fused-ring (bicyclic) bond motifs is 2. The molecule has 5 nitrogen and oxygen atoms in total. The number of aromatic nitrogens is 5. The fourth-order valence-corrected chi connectivity index (χ4v) is 4.82. The Balaban J connectivity index is 1.44. The van der Waals surface area contributed by atoms with Crippen LogP contribution in [0.3, 0.4) is 0 Å². The van der Waals surface area contributed by atoms with Gasteiger partial charge in [-0.05, 0) is 42.5 Å². The van der Waals surface area contributed by atoms with E-state index in [1.807, 2.05) is 67.0 Å². The normalized spacial score (nSPS) is 11.2. The third-order valence-electron chi connectivity index (χ3n) is 6.68. The summed E-state index contributed by atoms with van der Waals surface area (Å²) in [7, 11) is 0. The molecule has 0 aliphatic carbocycles. The highest BCUT2D eigenvalue weighted by Gasteiger charge is 2.15. The van der Waals surface area contributed by atoms with E-state index >= 15 is 0 Å². The summed E-state index contributed by atoms with van der Waals surface area (Å²) in [5.41, 5.74) is 8.50. The Morgan fingerprint density at radius 2 is 1.00 bits per heavy atom. The number of hydrogen-bond acceptors (Lipinski definition) is 5. The first kappa shape index (κ1) is 21.9. The van der Waals surface area contributed by atoms with Crippen LogP contribution in [0.1, 0.15) is 0 Å². The van der Waals surface area contributed by atoms with Gasteiger partial charge >= 0.3 is 0 Å². The Kier molecular flexibility index (Phi) is 5.37. The van der Waals surface area contributed by atoms with Crippen molar-refractivity contribution >= 4 is 21.8 Å². The molecule has 0 saturated heterocycles. The Labute approximate surface area is 219 Å². The van der Waals surface area contributed by atoms with Crippen molar-refractivity contribution in [1.29, 1.82) is 0 Å². The van der Waals surface area contributed by atoms with E-state index in [1.165, 1.54) is 0 Å². The summed E-state index contributed by atoms with van der Waals surface area (Å²) in [4.78, 5) is 23.7. The Bertz CT molecular complexity index is 1810. The summed E-state index contributed by atoms with van der Waals surface area (Å²) >= 11 is 0. The predicted octanol–water partition coefficient (Wildman–Crippen LogP) is 7.64. The molecule has 0 amide bonds. The molecular formula is C33H21N5. The molecule has 4 heterocycles. The molecular weight excluding hydrogens is 466 g/mol. The van der Waals surface area contributed by atoms with E-state index < -0.39 is 0 Å². The average molecular weight is 488 g/mol. The van der Waals surface area contributed by atoms with Gasteiger partial charge in [-0.25, -0.2) is 9.97 Å². The fraction of sp³-hybridized carbons (Fsp3) is 0. The Morgan fingerprint density at radius 1 is 0.395 bits per heavy atom. The van der Waals surface area contributed by atoms with Gasteiger partial charge in [-0.1, -0.05) is 66.7 Å². The van der Waals surface area contributed by atoms with E-state index in [9.17, 15) is 0 Å². The van der Waals surface area contributed by atoms with Crippen molar-refractivity contribution in [2.75, 3.05) is 0 Å². The lowest BCUT2D eigenvalue weighted by Gasteiger charge is -2.12. The molecule has 38 heavy (non-hydrogen) atoms. The molecule has 7 rings (SSSR count). The molecule has 0 aliphatic heterocycles. The van der Waals surface area contributed by atoms with E-state index in [1.54, 1.807) is 6.20 Å². The zero-order chi connectivity index (χ0) is 25.3. The summed E-state index contributed by atoms with van der Waals surface area (Å²) in [6.07, 6.45) is 5.43. The molecule has 5 heteroatoms. The maximum Gasteiger partial charge on any atom is 0.161 e. The lowest BCUT2D eigenvalue weighted by molar-refractivity contribution is 1.19. The topological polar surface area (TPSA) is 64.5 Å². The average Bonchev–Trinajstić information content (AvgIpc) is 3.01. The summed E-state index contributed by atoms with van der Waals surface area (Å²) in [6, 6.07) is 36.6. The first-order chi connectivity index (χ1) is 18.8. The van der Waals surface area contributed by atoms with Crippen LogP contribution >= 0.6 is 0 Å². The van der Waals surface area contributed by atoms with Crippen molar-refractivity contribution in [1.82, 2.24) is 24.9 Å². The molecule has 0 saturated carbocycles. The van der Waals surface area contributed by atoms with Gasteiger partial charge in [0.25, 0.3) is 0 Å². The lowest BCUT2D eigenvalue weighted by Crippen LogP contribution is -1.97. The molecule has 4 aromatic heterocycles. The van der Waals surface area contributed by atoms with Crippen LogP contribution in [0.15, 0.2) is 128 Å². The van der Waals surface area contributed by atoms with Crippen LogP contribution in [0.25, 0.3) is 67.0 Å². The molecule has 0 bridgehead atoms. The van der Waals surface area contributed by atoms with Gasteiger partial charge in [-0.3, -0.25) is 15.0 Å². The zero-order valence-corrected chi connectivity index (χ0v) is 20.4. The smallest absolute Gasteiger partial charge is 0.161 e. The van der Waals surface area contributed by atoms with Gasteiger partial charge in [0, 0.05) is 51.6 Å². The second-order valence-electron chi connectivity index (χ2n) is 9.01. The predicted molar refractivity (Wildman–Crippen MR) is 152 cm³/mol. The van der Waals surface area contributed by atoms with Crippen LogP contribution in [0.4, 0.5) is 0 Å². The highest BCUT2D eigenvalue weighted by atomic mass is 14.9. The molecule has 0 N–H and O–H groups in total. The summed E-state index contributed by atoms with van der Waals surface area (Å²) in [5, 5.41) is 2.07. The number of rotatable bonds is 4. The maximum atomic E-state index is 5.09. The van der Waals surface area contributed by atoms with Crippen LogP contribution in [-0.4, -0.2) is 24.9 Å². The maximum absolute atomic E-state index is 5.09. The van der Waals surface area contributed by atoms with Crippen molar-refractivity contribution < 1.29 is 0 Å². The molecule has 178 valence electrons. The van der Waals surface area contributed by atoms with Crippen molar-refractivity contribution in [3.05, 3.63) is 128 Å². The summed E-state index contributed by atoms with van der Waals surface area (Å²) in [6.45, 7) is 0. The van der Waals surface area contributed by atoms with Crippen LogP contribution in [0.2, 0.25) is 0 Å². The largest absolute Gasteiger partial charge is 0.256 e. The molecule has 0 atom stereocenters. The fourth-order valence-electron chi connectivity index (χ4n) is 4.82.